The van der Waals surface area contributed by atoms with Gasteiger partial charge in [0, 0.05) is 0 Å². The molecule has 0 aromatic heterocycles. The van der Waals surface area contributed by atoms with Gasteiger partial charge in [0.25, 0.3) is 0 Å². The standard InChI is InChI=1S/C21H22O6S/c1-5-26-16-11-20-17(27-12-28-20)10-14(16)15(22)7-6-13-8-18(23-2)21(25-4)19(9-13)24-3/h6-11H,5,12H2,1-4H3. The molecule has 28 heavy (non-hydrogen) atoms. The smallest absolute Gasteiger partial charge is 0.203 e. The van der Waals surface area contributed by atoms with Gasteiger partial charge in [-0.25, -0.2) is 0 Å². The number of thioether (sulfide) groups is 1. The summed E-state index contributed by atoms with van der Waals surface area (Å²) in [6.07, 6.45) is 3.19. The third-order valence-electron chi connectivity index (χ3n) is 4.15. The number of hydrogen-bond acceptors (Lipinski definition) is 7. The first-order valence-corrected chi connectivity index (χ1v) is 9.68. The molecule has 1 aliphatic rings. The molecule has 0 amide bonds. The van der Waals surface area contributed by atoms with Gasteiger partial charge < -0.3 is 23.7 Å². The highest BCUT2D eigenvalue weighted by molar-refractivity contribution is 7.99. The van der Waals surface area contributed by atoms with Crippen molar-refractivity contribution >= 4 is 23.6 Å². The topological polar surface area (TPSA) is 63.2 Å². The molecule has 0 N–H and O–H groups in total. The van der Waals surface area contributed by atoms with Crippen LogP contribution in [0.5, 0.6) is 28.7 Å². The number of ketones is 1. The Kier molecular flexibility index (Phi) is 6.36. The normalized spacial score (nSPS) is 12.4. The van der Waals surface area contributed by atoms with Crippen molar-refractivity contribution in [3.8, 4) is 28.7 Å². The van der Waals surface area contributed by atoms with Crippen molar-refractivity contribution in [2.24, 2.45) is 0 Å². The number of rotatable bonds is 8. The second-order valence-electron chi connectivity index (χ2n) is 5.79. The predicted octanol–water partition coefficient (Wildman–Crippen LogP) is 4.45. The van der Waals surface area contributed by atoms with E-state index in [0.717, 1.165) is 10.5 Å². The molecule has 0 atom stereocenters. The first-order valence-electron chi connectivity index (χ1n) is 8.70. The lowest BCUT2D eigenvalue weighted by Crippen LogP contribution is -2.02. The highest BCUT2D eigenvalue weighted by atomic mass is 32.2. The summed E-state index contributed by atoms with van der Waals surface area (Å²) in [5.41, 5.74) is 1.21. The van der Waals surface area contributed by atoms with Gasteiger partial charge in [0.15, 0.2) is 17.3 Å². The largest absolute Gasteiger partial charge is 0.493 e. The molecule has 0 unspecified atom stereocenters. The Morgan fingerprint density at radius 1 is 1.07 bits per heavy atom. The predicted molar refractivity (Wildman–Crippen MR) is 108 cm³/mol. The van der Waals surface area contributed by atoms with Crippen molar-refractivity contribution in [3.63, 3.8) is 0 Å². The van der Waals surface area contributed by atoms with Crippen LogP contribution in [0.3, 0.4) is 0 Å². The van der Waals surface area contributed by atoms with Crippen molar-refractivity contribution in [1.29, 1.82) is 0 Å². The number of allylic oxidation sites excluding steroid dienone is 1. The van der Waals surface area contributed by atoms with E-state index in [1.807, 2.05) is 13.0 Å². The molecule has 2 aromatic rings. The molecule has 148 valence electrons. The van der Waals surface area contributed by atoms with Crippen molar-refractivity contribution in [3.05, 3.63) is 41.5 Å². The summed E-state index contributed by atoms with van der Waals surface area (Å²) >= 11 is 1.58. The van der Waals surface area contributed by atoms with Crippen molar-refractivity contribution in [1.82, 2.24) is 0 Å². The lowest BCUT2D eigenvalue weighted by atomic mass is 10.1. The maximum atomic E-state index is 12.8. The van der Waals surface area contributed by atoms with E-state index in [0.29, 0.717) is 46.9 Å². The van der Waals surface area contributed by atoms with Crippen LogP contribution in [0.25, 0.3) is 6.08 Å². The summed E-state index contributed by atoms with van der Waals surface area (Å²) in [5.74, 6) is 3.16. The number of methoxy groups -OCH3 is 3. The van der Waals surface area contributed by atoms with Crippen molar-refractivity contribution < 1.29 is 28.5 Å². The fourth-order valence-corrected chi connectivity index (χ4v) is 3.61. The number of hydrogen-bond donors (Lipinski definition) is 0. The zero-order valence-corrected chi connectivity index (χ0v) is 17.1. The third kappa shape index (κ3) is 4.04. The summed E-state index contributed by atoms with van der Waals surface area (Å²) < 4.78 is 27.2. The Morgan fingerprint density at radius 2 is 1.79 bits per heavy atom. The molecule has 0 saturated carbocycles. The van der Waals surface area contributed by atoms with Crippen molar-refractivity contribution in [2.45, 2.75) is 11.8 Å². The molecule has 2 aromatic carbocycles. The lowest BCUT2D eigenvalue weighted by molar-refractivity contribution is 0.104. The minimum absolute atomic E-state index is 0.180. The van der Waals surface area contributed by atoms with E-state index >= 15 is 0 Å². The number of benzene rings is 2. The lowest BCUT2D eigenvalue weighted by Gasteiger charge is -2.13. The highest BCUT2D eigenvalue weighted by Crippen LogP contribution is 2.41. The number of fused-ring (bicyclic) bond motifs is 1. The second-order valence-corrected chi connectivity index (χ2v) is 6.76. The molecule has 0 saturated heterocycles. The summed E-state index contributed by atoms with van der Waals surface area (Å²) in [6.45, 7) is 2.36. The van der Waals surface area contributed by atoms with E-state index in [1.165, 1.54) is 6.08 Å². The van der Waals surface area contributed by atoms with Gasteiger partial charge in [-0.2, -0.15) is 0 Å². The molecular formula is C21H22O6S. The van der Waals surface area contributed by atoms with Gasteiger partial charge in [0.2, 0.25) is 5.75 Å². The fraction of sp³-hybridized carbons (Fsp3) is 0.286. The summed E-state index contributed by atoms with van der Waals surface area (Å²) in [5, 5.41) is 0. The quantitative estimate of drug-likeness (QED) is 0.477. The van der Waals surface area contributed by atoms with E-state index in [9.17, 15) is 4.79 Å². The Balaban J connectivity index is 1.92. The number of carbonyl (C=O) groups is 1. The summed E-state index contributed by atoms with van der Waals surface area (Å²) in [7, 11) is 4.64. The summed E-state index contributed by atoms with van der Waals surface area (Å²) in [6, 6.07) is 7.15. The zero-order valence-electron chi connectivity index (χ0n) is 16.2. The van der Waals surface area contributed by atoms with E-state index in [1.54, 1.807) is 57.4 Å². The molecule has 0 radical (unpaired) electrons. The molecule has 0 aliphatic carbocycles. The first kappa shape index (κ1) is 19.9. The van der Waals surface area contributed by atoms with E-state index in [4.69, 9.17) is 23.7 Å². The molecule has 1 aliphatic heterocycles. The molecule has 3 rings (SSSR count). The first-order chi connectivity index (χ1) is 13.6. The fourth-order valence-electron chi connectivity index (χ4n) is 2.85. The molecule has 0 fully saturated rings. The van der Waals surface area contributed by atoms with Gasteiger partial charge in [-0.15, -0.1) is 0 Å². The van der Waals surface area contributed by atoms with Crippen LogP contribution in [-0.2, 0) is 0 Å². The molecular weight excluding hydrogens is 380 g/mol. The van der Waals surface area contributed by atoms with Crippen LogP contribution in [0, 0.1) is 0 Å². The molecule has 6 nitrogen and oxygen atoms in total. The van der Waals surface area contributed by atoms with E-state index < -0.39 is 0 Å². The van der Waals surface area contributed by atoms with Crippen LogP contribution in [-0.4, -0.2) is 39.7 Å². The molecule has 0 bridgehead atoms. The van der Waals surface area contributed by atoms with E-state index in [-0.39, 0.29) is 5.78 Å². The van der Waals surface area contributed by atoms with Gasteiger partial charge in [0.05, 0.1) is 38.4 Å². The van der Waals surface area contributed by atoms with Crippen LogP contribution in [0.4, 0.5) is 0 Å². The minimum atomic E-state index is -0.180. The molecule has 0 spiro atoms. The highest BCUT2D eigenvalue weighted by Gasteiger charge is 2.20. The van der Waals surface area contributed by atoms with Crippen LogP contribution in [0.15, 0.2) is 35.2 Å². The number of carbonyl (C=O) groups excluding carboxylic acids is 1. The average molecular weight is 402 g/mol. The average Bonchev–Trinajstić information content (AvgIpc) is 3.18. The van der Waals surface area contributed by atoms with Crippen LogP contribution in [0.1, 0.15) is 22.8 Å². The van der Waals surface area contributed by atoms with Gasteiger partial charge >= 0.3 is 0 Å². The van der Waals surface area contributed by atoms with Crippen LogP contribution >= 0.6 is 11.8 Å². The minimum Gasteiger partial charge on any atom is -0.493 e. The van der Waals surface area contributed by atoms with Gasteiger partial charge in [-0.3, -0.25) is 4.79 Å². The third-order valence-corrected chi connectivity index (χ3v) is 5.02. The van der Waals surface area contributed by atoms with E-state index in [2.05, 4.69) is 0 Å². The molecule has 7 heteroatoms. The second kappa shape index (κ2) is 8.93. The maximum absolute atomic E-state index is 12.8. The Bertz CT molecular complexity index is 881. The van der Waals surface area contributed by atoms with Gasteiger partial charge in [-0.1, -0.05) is 17.8 Å². The Labute approximate surface area is 168 Å². The van der Waals surface area contributed by atoms with Crippen LogP contribution in [0.2, 0.25) is 0 Å². The van der Waals surface area contributed by atoms with Gasteiger partial charge in [0.1, 0.15) is 17.4 Å². The zero-order chi connectivity index (χ0) is 20.1. The summed E-state index contributed by atoms with van der Waals surface area (Å²) in [4.78, 5) is 13.8. The Hall–Kier alpha value is -2.80. The van der Waals surface area contributed by atoms with Crippen molar-refractivity contribution in [2.75, 3.05) is 33.9 Å². The van der Waals surface area contributed by atoms with Gasteiger partial charge in [-0.05, 0) is 42.8 Å². The molecule has 1 heterocycles. The number of ether oxygens (including phenoxy) is 5. The Morgan fingerprint density at radius 3 is 2.39 bits per heavy atom. The van der Waals surface area contributed by atoms with Crippen LogP contribution < -0.4 is 23.7 Å². The monoisotopic (exact) mass is 402 g/mol. The SMILES string of the molecule is CCOc1cc2c(cc1C(=O)C=Cc1cc(OC)c(OC)c(OC)c1)OCS2. The maximum Gasteiger partial charge on any atom is 0.203 e.